The van der Waals surface area contributed by atoms with Crippen LogP contribution in [-0.4, -0.2) is 51.6 Å². The van der Waals surface area contributed by atoms with E-state index in [0.717, 1.165) is 24.6 Å². The number of aryl methyl sites for hydroxylation is 1. The first-order valence-electron chi connectivity index (χ1n) is 13.2. The number of sulfonamides is 1. The molecule has 1 saturated carbocycles. The number of hydrogen-bond acceptors (Lipinski definition) is 6. The first kappa shape index (κ1) is 32.3. The average Bonchev–Trinajstić information content (AvgIpc) is 2.90. The molecule has 224 valence electrons. The van der Waals surface area contributed by atoms with Gasteiger partial charge < -0.3 is 10.2 Å². The molecule has 1 fully saturated rings. The van der Waals surface area contributed by atoms with Gasteiger partial charge in [0.05, 0.1) is 21.7 Å². The van der Waals surface area contributed by atoms with Gasteiger partial charge in [0.15, 0.2) is 5.67 Å². The molecule has 1 amide bonds. The van der Waals surface area contributed by atoms with Crippen molar-refractivity contribution in [3.05, 3.63) is 58.9 Å². The second kappa shape index (κ2) is 13.2. The summed E-state index contributed by atoms with van der Waals surface area (Å²) in [7, 11) is -1.01. The van der Waals surface area contributed by atoms with Crippen LogP contribution in [0.1, 0.15) is 61.6 Å². The van der Waals surface area contributed by atoms with Gasteiger partial charge in [0, 0.05) is 6.04 Å². The molecule has 0 heterocycles. The normalized spacial score (nSPS) is 16.2. The number of halogens is 5. The predicted molar refractivity (Wildman–Crippen MR) is 144 cm³/mol. The van der Waals surface area contributed by atoms with Gasteiger partial charge in [-0.25, -0.2) is 21.9 Å². The largest absolute Gasteiger partial charge is 0.416 e. The lowest BCUT2D eigenvalue weighted by atomic mass is 9.86. The van der Waals surface area contributed by atoms with Crippen LogP contribution in [0, 0.1) is 17.1 Å². The molecule has 1 atom stereocenters. The van der Waals surface area contributed by atoms with E-state index < -0.39 is 50.1 Å². The van der Waals surface area contributed by atoms with Crippen molar-refractivity contribution in [3.8, 4) is 6.07 Å². The molecule has 0 unspecified atom stereocenters. The highest BCUT2D eigenvalue weighted by Crippen LogP contribution is 2.33. The lowest BCUT2D eigenvalue weighted by Crippen LogP contribution is -2.46. The molecule has 2 aromatic carbocycles. The first-order chi connectivity index (χ1) is 19.1. The molecule has 0 saturated heterocycles. The SMILES string of the molecule is CN(C)CC[C@H](CCc1ccc(C(F)(F)F)cc1)Nc1c(F)cc(S(=O)(=O)NC(=O)C2(F)CCCCC2)cc1C#N. The van der Waals surface area contributed by atoms with Gasteiger partial charge >= 0.3 is 6.18 Å². The Morgan fingerprint density at radius 3 is 2.29 bits per heavy atom. The van der Waals surface area contributed by atoms with E-state index in [1.165, 1.54) is 12.1 Å². The van der Waals surface area contributed by atoms with E-state index in [1.54, 1.807) is 10.8 Å². The lowest BCUT2D eigenvalue weighted by Gasteiger charge is -2.27. The lowest BCUT2D eigenvalue weighted by molar-refractivity contribution is -0.137. The summed E-state index contributed by atoms with van der Waals surface area (Å²) < 4.78 is 96.3. The third kappa shape index (κ3) is 8.63. The van der Waals surface area contributed by atoms with Crippen molar-refractivity contribution in [2.24, 2.45) is 0 Å². The molecule has 0 aromatic heterocycles. The maximum atomic E-state index is 15.3. The van der Waals surface area contributed by atoms with Crippen LogP contribution >= 0.6 is 0 Å². The Morgan fingerprint density at radius 2 is 1.73 bits per heavy atom. The molecule has 2 N–H and O–H groups in total. The summed E-state index contributed by atoms with van der Waals surface area (Å²) >= 11 is 0. The van der Waals surface area contributed by atoms with Crippen LogP contribution in [0.15, 0.2) is 41.3 Å². The molecule has 0 bridgehead atoms. The summed E-state index contributed by atoms with van der Waals surface area (Å²) in [6.45, 7) is 0.567. The molecule has 1 aliphatic rings. The zero-order valence-corrected chi connectivity index (χ0v) is 23.6. The molecule has 13 heteroatoms. The zero-order valence-electron chi connectivity index (χ0n) is 22.8. The molecule has 0 aliphatic heterocycles. The van der Waals surface area contributed by atoms with Crippen LogP contribution in [0.4, 0.5) is 27.6 Å². The number of amides is 1. The predicted octanol–water partition coefficient (Wildman–Crippen LogP) is 5.56. The quantitative estimate of drug-likeness (QED) is 0.328. The Labute approximate surface area is 236 Å². The minimum atomic E-state index is -4.67. The van der Waals surface area contributed by atoms with Crippen LogP contribution < -0.4 is 10.0 Å². The van der Waals surface area contributed by atoms with Crippen molar-refractivity contribution in [1.29, 1.82) is 5.26 Å². The molecule has 0 spiro atoms. The van der Waals surface area contributed by atoms with Crippen LogP contribution in [-0.2, 0) is 27.4 Å². The molecule has 0 radical (unpaired) electrons. The number of anilines is 1. The summed E-state index contributed by atoms with van der Waals surface area (Å²) in [5.41, 5.74) is -3.05. The number of alkyl halides is 4. The fraction of sp³-hybridized carbons (Fsp3) is 0.500. The summed E-state index contributed by atoms with van der Waals surface area (Å²) in [4.78, 5) is 13.6. The summed E-state index contributed by atoms with van der Waals surface area (Å²) in [5.74, 6) is -2.38. The molecule has 3 rings (SSSR count). The van der Waals surface area contributed by atoms with Gasteiger partial charge in [-0.15, -0.1) is 0 Å². The first-order valence-corrected chi connectivity index (χ1v) is 14.7. The standard InChI is InChI=1S/C28H33F5N4O3S/c1-37(2)15-12-22(11-8-19-6-9-21(10-7-19)28(31,32)33)35-25-20(18-34)16-23(17-24(25)29)41(39,40)36-26(38)27(30)13-4-3-5-14-27/h6-7,9-10,16-17,22,35H,3-5,8,11-15H2,1-2H3,(H,36,38)/t22-/m0/s1. The number of nitriles is 1. The Bertz CT molecular complexity index is 1370. The second-order valence-electron chi connectivity index (χ2n) is 10.6. The topological polar surface area (TPSA) is 102 Å². The van der Waals surface area contributed by atoms with Crippen LogP contribution in [0.5, 0.6) is 0 Å². The van der Waals surface area contributed by atoms with Crippen molar-refractivity contribution >= 4 is 21.6 Å². The summed E-state index contributed by atoms with van der Waals surface area (Å²) in [5, 5.41) is 12.7. The summed E-state index contributed by atoms with van der Waals surface area (Å²) in [6.07, 6.45) is -1.87. The van der Waals surface area contributed by atoms with E-state index in [4.69, 9.17) is 0 Å². The molecular weight excluding hydrogens is 567 g/mol. The highest BCUT2D eigenvalue weighted by Gasteiger charge is 2.41. The maximum absolute atomic E-state index is 15.3. The highest BCUT2D eigenvalue weighted by atomic mass is 32.2. The van der Waals surface area contributed by atoms with E-state index in [2.05, 4.69) is 5.32 Å². The monoisotopic (exact) mass is 600 g/mol. The Balaban J connectivity index is 1.80. The van der Waals surface area contributed by atoms with Crippen LogP contribution in [0.2, 0.25) is 0 Å². The Morgan fingerprint density at radius 1 is 1.10 bits per heavy atom. The highest BCUT2D eigenvalue weighted by molar-refractivity contribution is 7.90. The molecule has 2 aromatic rings. The zero-order chi connectivity index (χ0) is 30.4. The molecular formula is C28H33F5N4O3S. The van der Waals surface area contributed by atoms with Gasteiger partial charge in [0.2, 0.25) is 0 Å². The number of hydrogen-bond donors (Lipinski definition) is 2. The van der Waals surface area contributed by atoms with Crippen molar-refractivity contribution < 1.29 is 35.2 Å². The fourth-order valence-electron chi connectivity index (χ4n) is 4.69. The number of rotatable bonds is 11. The molecule has 7 nitrogen and oxygen atoms in total. The van der Waals surface area contributed by atoms with Gasteiger partial charge in [-0.2, -0.15) is 18.4 Å². The van der Waals surface area contributed by atoms with E-state index in [1.807, 2.05) is 19.0 Å². The Kier molecular flexibility index (Phi) is 10.4. The minimum absolute atomic E-state index is 0.115. The number of carbonyl (C=O) groups excluding carboxylic acids is 1. The third-order valence-corrected chi connectivity index (χ3v) is 8.42. The number of carbonyl (C=O) groups is 1. The fourth-order valence-corrected chi connectivity index (χ4v) is 5.77. The van der Waals surface area contributed by atoms with Gasteiger partial charge in [-0.05, 0) is 95.4 Å². The van der Waals surface area contributed by atoms with Crippen molar-refractivity contribution in [1.82, 2.24) is 9.62 Å². The van der Waals surface area contributed by atoms with Gasteiger partial charge in [-0.1, -0.05) is 18.6 Å². The van der Waals surface area contributed by atoms with Gasteiger partial charge in [-0.3, -0.25) is 4.79 Å². The van der Waals surface area contributed by atoms with Gasteiger partial charge in [0.25, 0.3) is 15.9 Å². The maximum Gasteiger partial charge on any atom is 0.416 e. The third-order valence-electron chi connectivity index (χ3n) is 7.11. The van der Waals surface area contributed by atoms with Crippen molar-refractivity contribution in [2.75, 3.05) is 26.0 Å². The van der Waals surface area contributed by atoms with Crippen molar-refractivity contribution in [2.45, 2.75) is 74.1 Å². The minimum Gasteiger partial charge on any atom is -0.379 e. The van der Waals surface area contributed by atoms with Crippen LogP contribution in [0.25, 0.3) is 0 Å². The number of nitrogens with zero attached hydrogens (tertiary/aromatic N) is 2. The van der Waals surface area contributed by atoms with E-state index >= 15 is 4.39 Å². The smallest absolute Gasteiger partial charge is 0.379 e. The van der Waals surface area contributed by atoms with E-state index in [9.17, 15) is 36.0 Å². The second-order valence-corrected chi connectivity index (χ2v) is 12.2. The summed E-state index contributed by atoms with van der Waals surface area (Å²) in [6, 6.07) is 7.62. The number of benzene rings is 2. The molecule has 41 heavy (non-hydrogen) atoms. The molecule has 1 aliphatic carbocycles. The van der Waals surface area contributed by atoms with Crippen LogP contribution in [0.3, 0.4) is 0 Å². The average molecular weight is 601 g/mol. The Hall–Kier alpha value is -3.24. The van der Waals surface area contributed by atoms with E-state index in [0.29, 0.717) is 50.3 Å². The van der Waals surface area contributed by atoms with Crippen molar-refractivity contribution in [3.63, 3.8) is 0 Å². The number of nitrogens with one attached hydrogen (secondary N) is 2. The van der Waals surface area contributed by atoms with E-state index in [-0.39, 0.29) is 24.1 Å². The van der Waals surface area contributed by atoms with Gasteiger partial charge in [0.1, 0.15) is 11.9 Å².